The first-order valence-electron chi connectivity index (χ1n) is 7.97. The first kappa shape index (κ1) is 16.9. The molecular weight excluding hydrogens is 248 g/mol. The van der Waals surface area contributed by atoms with Crippen molar-refractivity contribution in [2.75, 3.05) is 0 Å². The minimum atomic E-state index is -0.288. The van der Waals surface area contributed by atoms with Gasteiger partial charge in [0.25, 0.3) is 0 Å². The molecule has 0 aliphatic carbocycles. The fourth-order valence-electron chi connectivity index (χ4n) is 2.43. The lowest BCUT2D eigenvalue weighted by atomic mass is 9.99. The first-order chi connectivity index (χ1) is 9.67. The number of Topliss-reactive ketones (excluding diaryl/α,β-unsaturated/α-hetero) is 1. The van der Waals surface area contributed by atoms with Crippen molar-refractivity contribution in [1.29, 1.82) is 0 Å². The van der Waals surface area contributed by atoms with Crippen molar-refractivity contribution in [2.45, 2.75) is 71.3 Å². The molecule has 0 aliphatic rings. The van der Waals surface area contributed by atoms with E-state index in [1.54, 1.807) is 0 Å². The number of aliphatic hydroxyl groups excluding tert-OH is 1. The van der Waals surface area contributed by atoms with Crippen molar-refractivity contribution >= 4 is 5.78 Å². The lowest BCUT2D eigenvalue weighted by Gasteiger charge is -2.11. The fraction of sp³-hybridized carbons (Fsp3) is 0.611. The van der Waals surface area contributed by atoms with E-state index in [1.807, 2.05) is 31.2 Å². The second-order valence-electron chi connectivity index (χ2n) is 5.54. The lowest BCUT2D eigenvalue weighted by Crippen LogP contribution is -2.10. The Bertz CT molecular complexity index is 398. The zero-order valence-electron chi connectivity index (χ0n) is 12.9. The Hall–Kier alpha value is -1.15. The summed E-state index contributed by atoms with van der Waals surface area (Å²) in [5, 5.41) is 10.1. The molecule has 0 spiro atoms. The van der Waals surface area contributed by atoms with E-state index in [9.17, 15) is 9.90 Å². The van der Waals surface area contributed by atoms with Gasteiger partial charge in [-0.3, -0.25) is 4.79 Å². The summed E-state index contributed by atoms with van der Waals surface area (Å²) in [5.74, 6) is 0.168. The summed E-state index contributed by atoms with van der Waals surface area (Å²) >= 11 is 0. The molecule has 0 radical (unpaired) electrons. The van der Waals surface area contributed by atoms with Crippen LogP contribution in [0.15, 0.2) is 24.3 Å². The number of hydrogen-bond acceptors (Lipinski definition) is 2. The largest absolute Gasteiger partial charge is 0.393 e. The molecule has 0 amide bonds. The lowest BCUT2D eigenvalue weighted by molar-refractivity contribution is 0.0987. The molecule has 0 fully saturated rings. The van der Waals surface area contributed by atoms with Gasteiger partial charge in [-0.15, -0.1) is 0 Å². The van der Waals surface area contributed by atoms with Crippen LogP contribution in [0.4, 0.5) is 0 Å². The van der Waals surface area contributed by atoms with Gasteiger partial charge >= 0.3 is 0 Å². The van der Waals surface area contributed by atoms with Crippen molar-refractivity contribution in [1.82, 2.24) is 0 Å². The van der Waals surface area contributed by atoms with E-state index < -0.39 is 0 Å². The third kappa shape index (κ3) is 6.33. The second kappa shape index (κ2) is 9.71. The zero-order chi connectivity index (χ0) is 14.8. The maximum Gasteiger partial charge on any atom is 0.162 e. The normalized spacial score (nSPS) is 12.3. The summed E-state index contributed by atoms with van der Waals surface area (Å²) in [4.78, 5) is 11.7. The van der Waals surface area contributed by atoms with Crippen LogP contribution in [0, 0.1) is 0 Å². The summed E-state index contributed by atoms with van der Waals surface area (Å²) in [6.45, 7) is 4.08. The van der Waals surface area contributed by atoms with Gasteiger partial charge in [0.05, 0.1) is 6.10 Å². The fourth-order valence-corrected chi connectivity index (χ4v) is 2.43. The highest BCUT2D eigenvalue weighted by Crippen LogP contribution is 2.13. The van der Waals surface area contributed by atoms with E-state index >= 15 is 0 Å². The standard InChI is InChI=1S/C18H28O2/c1-3-5-6-7-8-12-17(19)14-15-10-9-11-16(13-15)18(20)4-2/h9-11,13,17,19H,3-8,12,14H2,1-2H3. The van der Waals surface area contributed by atoms with Crippen LogP contribution in [0.3, 0.4) is 0 Å². The Morgan fingerprint density at radius 2 is 1.90 bits per heavy atom. The topological polar surface area (TPSA) is 37.3 Å². The van der Waals surface area contributed by atoms with Gasteiger partial charge in [-0.2, -0.15) is 0 Å². The van der Waals surface area contributed by atoms with Crippen LogP contribution in [0.2, 0.25) is 0 Å². The van der Waals surface area contributed by atoms with Gasteiger partial charge in [-0.05, 0) is 24.5 Å². The second-order valence-corrected chi connectivity index (χ2v) is 5.54. The number of unbranched alkanes of at least 4 members (excludes halogenated alkanes) is 4. The Kier molecular flexibility index (Phi) is 8.20. The van der Waals surface area contributed by atoms with E-state index in [1.165, 1.54) is 25.7 Å². The summed E-state index contributed by atoms with van der Waals surface area (Å²) in [7, 11) is 0. The first-order valence-corrected chi connectivity index (χ1v) is 7.97. The van der Waals surface area contributed by atoms with Gasteiger partial charge in [0.2, 0.25) is 0 Å². The number of aliphatic hydroxyl groups is 1. The third-order valence-electron chi connectivity index (χ3n) is 3.68. The highest BCUT2D eigenvalue weighted by atomic mass is 16.3. The number of carbonyl (C=O) groups excluding carboxylic acids is 1. The van der Waals surface area contributed by atoms with E-state index in [0.29, 0.717) is 12.8 Å². The molecule has 0 saturated carbocycles. The average molecular weight is 276 g/mol. The summed E-state index contributed by atoms with van der Waals surface area (Å²) in [6.07, 6.45) is 7.86. The number of hydrogen-bond donors (Lipinski definition) is 1. The molecule has 1 atom stereocenters. The third-order valence-corrected chi connectivity index (χ3v) is 3.68. The van der Waals surface area contributed by atoms with Crippen LogP contribution in [0.25, 0.3) is 0 Å². The van der Waals surface area contributed by atoms with Gasteiger partial charge < -0.3 is 5.11 Å². The van der Waals surface area contributed by atoms with Crippen molar-refractivity contribution in [2.24, 2.45) is 0 Å². The molecule has 20 heavy (non-hydrogen) atoms. The smallest absolute Gasteiger partial charge is 0.162 e. The minimum Gasteiger partial charge on any atom is -0.393 e. The van der Waals surface area contributed by atoms with E-state index in [0.717, 1.165) is 24.0 Å². The molecule has 0 heterocycles. The summed E-state index contributed by atoms with van der Waals surface area (Å²) in [5.41, 5.74) is 1.82. The van der Waals surface area contributed by atoms with E-state index in [4.69, 9.17) is 0 Å². The van der Waals surface area contributed by atoms with Crippen LogP contribution in [-0.2, 0) is 6.42 Å². The van der Waals surface area contributed by atoms with Crippen LogP contribution in [0.1, 0.15) is 74.7 Å². The molecule has 0 aliphatic heterocycles. The molecule has 1 aromatic rings. The minimum absolute atomic E-state index is 0.168. The molecular formula is C18H28O2. The SMILES string of the molecule is CCCCCCCC(O)Cc1cccc(C(=O)CC)c1. The summed E-state index contributed by atoms with van der Waals surface area (Å²) < 4.78 is 0. The number of ketones is 1. The maximum absolute atomic E-state index is 11.7. The van der Waals surface area contributed by atoms with Gasteiger partial charge in [-0.25, -0.2) is 0 Å². The van der Waals surface area contributed by atoms with Crippen LogP contribution in [0.5, 0.6) is 0 Å². The Labute approximate surface area is 123 Å². The van der Waals surface area contributed by atoms with Crippen LogP contribution >= 0.6 is 0 Å². The predicted octanol–water partition coefficient (Wildman–Crippen LogP) is 4.54. The Morgan fingerprint density at radius 1 is 1.15 bits per heavy atom. The molecule has 1 unspecified atom stereocenters. The zero-order valence-corrected chi connectivity index (χ0v) is 12.9. The van der Waals surface area contributed by atoms with E-state index in [2.05, 4.69) is 6.92 Å². The van der Waals surface area contributed by atoms with Crippen molar-refractivity contribution in [3.8, 4) is 0 Å². The maximum atomic E-state index is 11.7. The molecule has 1 N–H and O–H groups in total. The Balaban J connectivity index is 2.37. The van der Waals surface area contributed by atoms with Gasteiger partial charge in [0, 0.05) is 12.0 Å². The van der Waals surface area contributed by atoms with Crippen molar-refractivity contribution in [3.63, 3.8) is 0 Å². The van der Waals surface area contributed by atoms with Gasteiger partial charge in [0.1, 0.15) is 0 Å². The number of rotatable bonds is 10. The molecule has 0 bridgehead atoms. The van der Waals surface area contributed by atoms with Gasteiger partial charge in [-0.1, -0.05) is 64.2 Å². The monoisotopic (exact) mass is 276 g/mol. The molecule has 1 rings (SSSR count). The molecule has 1 aromatic carbocycles. The van der Waals surface area contributed by atoms with Crippen LogP contribution < -0.4 is 0 Å². The average Bonchev–Trinajstić information content (AvgIpc) is 2.46. The predicted molar refractivity (Wildman–Crippen MR) is 84.2 cm³/mol. The van der Waals surface area contributed by atoms with Crippen molar-refractivity contribution < 1.29 is 9.90 Å². The summed E-state index contributed by atoms with van der Waals surface area (Å²) in [6, 6.07) is 7.68. The number of benzene rings is 1. The van der Waals surface area contributed by atoms with Crippen LogP contribution in [-0.4, -0.2) is 17.0 Å². The highest BCUT2D eigenvalue weighted by molar-refractivity contribution is 5.95. The van der Waals surface area contributed by atoms with Crippen molar-refractivity contribution in [3.05, 3.63) is 35.4 Å². The molecule has 0 saturated heterocycles. The Morgan fingerprint density at radius 3 is 2.60 bits per heavy atom. The molecule has 112 valence electrons. The highest BCUT2D eigenvalue weighted by Gasteiger charge is 2.08. The molecule has 2 heteroatoms. The quantitative estimate of drug-likeness (QED) is 0.503. The van der Waals surface area contributed by atoms with E-state index in [-0.39, 0.29) is 11.9 Å². The molecule has 2 nitrogen and oxygen atoms in total. The molecule has 0 aromatic heterocycles. The van der Waals surface area contributed by atoms with Gasteiger partial charge in [0.15, 0.2) is 5.78 Å². The number of carbonyl (C=O) groups is 1.